The number of ether oxygens (including phenoxy) is 1. The molecule has 2 heterocycles. The van der Waals surface area contributed by atoms with Crippen LogP contribution in [0.15, 0.2) is 36.7 Å². The third-order valence-corrected chi connectivity index (χ3v) is 5.05. The molecule has 0 bridgehead atoms. The van der Waals surface area contributed by atoms with E-state index >= 15 is 0 Å². The van der Waals surface area contributed by atoms with Crippen LogP contribution >= 0.6 is 0 Å². The van der Waals surface area contributed by atoms with Crippen molar-refractivity contribution in [3.63, 3.8) is 0 Å². The van der Waals surface area contributed by atoms with Gasteiger partial charge in [-0.1, -0.05) is 13.0 Å². The van der Waals surface area contributed by atoms with Gasteiger partial charge in [-0.15, -0.1) is 0 Å². The van der Waals surface area contributed by atoms with Crippen molar-refractivity contribution in [2.24, 2.45) is 5.92 Å². The van der Waals surface area contributed by atoms with Gasteiger partial charge in [-0.3, -0.25) is 14.7 Å². The Kier molecular flexibility index (Phi) is 6.42. The first-order valence-corrected chi connectivity index (χ1v) is 9.49. The lowest BCUT2D eigenvalue weighted by atomic mass is 9.96. The first-order chi connectivity index (χ1) is 13.8. The first kappa shape index (κ1) is 21.1. The number of carbonyl (C=O) groups is 1. The second kappa shape index (κ2) is 8.82. The van der Waals surface area contributed by atoms with Crippen LogP contribution < -0.4 is 10.1 Å². The summed E-state index contributed by atoms with van der Waals surface area (Å²) in [6.07, 6.45) is -1.44. The molecular formula is C21H24F3N3O2. The Morgan fingerprint density at radius 2 is 2.00 bits per heavy atom. The Balaban J connectivity index is 1.60. The van der Waals surface area contributed by atoms with E-state index in [-0.39, 0.29) is 18.4 Å². The zero-order valence-corrected chi connectivity index (χ0v) is 16.4. The average molecular weight is 407 g/mol. The molecule has 0 unspecified atom stereocenters. The lowest BCUT2D eigenvalue weighted by molar-refractivity contribution is -0.138. The van der Waals surface area contributed by atoms with Crippen molar-refractivity contribution in [3.05, 3.63) is 58.9 Å². The van der Waals surface area contributed by atoms with E-state index in [2.05, 4.69) is 15.2 Å². The smallest absolute Gasteiger partial charge is 0.417 e. The number of aryl methyl sites for hydroxylation is 1. The van der Waals surface area contributed by atoms with Crippen LogP contribution in [-0.4, -0.2) is 35.9 Å². The number of hydrogen-bond donors (Lipinski definition) is 1. The van der Waals surface area contributed by atoms with Crippen molar-refractivity contribution < 1.29 is 22.7 Å². The molecule has 1 aromatic carbocycles. The van der Waals surface area contributed by atoms with E-state index in [9.17, 15) is 18.0 Å². The van der Waals surface area contributed by atoms with Crippen molar-refractivity contribution in [3.8, 4) is 5.75 Å². The van der Waals surface area contributed by atoms with Gasteiger partial charge in [0.15, 0.2) is 0 Å². The van der Waals surface area contributed by atoms with Gasteiger partial charge in [0.25, 0.3) is 0 Å². The minimum atomic E-state index is -4.42. The van der Waals surface area contributed by atoms with E-state index in [1.165, 1.54) is 6.20 Å². The monoisotopic (exact) mass is 407 g/mol. The van der Waals surface area contributed by atoms with E-state index < -0.39 is 11.7 Å². The molecule has 2 aromatic rings. The summed E-state index contributed by atoms with van der Waals surface area (Å²) >= 11 is 0. The highest BCUT2D eigenvalue weighted by molar-refractivity contribution is 5.79. The van der Waals surface area contributed by atoms with Crippen LogP contribution in [0.4, 0.5) is 13.2 Å². The van der Waals surface area contributed by atoms with Gasteiger partial charge in [0.1, 0.15) is 12.4 Å². The molecule has 1 amide bonds. The number of pyridine rings is 1. The fourth-order valence-electron chi connectivity index (χ4n) is 3.37. The number of hydrogen-bond acceptors (Lipinski definition) is 4. The van der Waals surface area contributed by atoms with E-state index in [1.807, 2.05) is 25.1 Å². The topological polar surface area (TPSA) is 54.5 Å². The fourth-order valence-corrected chi connectivity index (χ4v) is 3.37. The Morgan fingerprint density at radius 1 is 1.24 bits per heavy atom. The van der Waals surface area contributed by atoms with Crippen LogP contribution in [0, 0.1) is 5.92 Å². The normalized spacial score (nSPS) is 15.1. The highest BCUT2D eigenvalue weighted by atomic mass is 19.4. The maximum absolute atomic E-state index is 12.8. The number of amides is 1. The molecule has 0 atom stereocenters. The summed E-state index contributed by atoms with van der Waals surface area (Å²) in [5, 5.41) is 2.67. The number of aromatic nitrogens is 1. The largest absolute Gasteiger partial charge is 0.489 e. The third kappa shape index (κ3) is 5.26. The molecular weight excluding hydrogens is 383 g/mol. The number of likely N-dealkylation sites (tertiary alicyclic amines) is 1. The zero-order valence-electron chi connectivity index (χ0n) is 16.4. The summed E-state index contributed by atoms with van der Waals surface area (Å²) in [5.41, 5.74) is 1.86. The van der Waals surface area contributed by atoms with Gasteiger partial charge >= 0.3 is 6.18 Å². The highest BCUT2D eigenvalue weighted by Crippen LogP contribution is 2.29. The highest BCUT2D eigenvalue weighted by Gasteiger charge is 2.32. The van der Waals surface area contributed by atoms with Crippen LogP contribution in [0.5, 0.6) is 5.75 Å². The molecule has 3 rings (SSSR count). The van der Waals surface area contributed by atoms with Gasteiger partial charge in [-0.25, -0.2) is 0 Å². The van der Waals surface area contributed by atoms with Gasteiger partial charge in [0.2, 0.25) is 5.91 Å². The standard InChI is InChI=1S/C21H24F3N3O2/c1-3-15-7-19(29-13-14-6-18(9-26-8-14)21(22,23)24)5-4-16(15)10-27-11-17(12-27)20(28)25-2/h4-9,17H,3,10-13H2,1-2H3,(H,25,28). The zero-order chi connectivity index (χ0) is 21.0. The molecule has 1 aliphatic rings. The van der Waals surface area contributed by atoms with E-state index in [4.69, 9.17) is 4.74 Å². The number of rotatable bonds is 7. The Hall–Kier alpha value is -2.61. The van der Waals surface area contributed by atoms with Gasteiger partial charge in [-0.05, 0) is 35.7 Å². The van der Waals surface area contributed by atoms with Crippen molar-refractivity contribution >= 4 is 5.91 Å². The number of alkyl halides is 3. The minimum absolute atomic E-state index is 0.0132. The molecule has 156 valence electrons. The molecule has 0 aliphatic carbocycles. The van der Waals surface area contributed by atoms with E-state index in [0.717, 1.165) is 49.4 Å². The molecule has 29 heavy (non-hydrogen) atoms. The Labute approximate surface area is 167 Å². The quantitative estimate of drug-likeness (QED) is 0.764. The molecule has 1 aliphatic heterocycles. The second-order valence-corrected chi connectivity index (χ2v) is 7.16. The summed E-state index contributed by atoms with van der Waals surface area (Å²) < 4.78 is 44.1. The number of benzene rings is 1. The summed E-state index contributed by atoms with van der Waals surface area (Å²) in [7, 11) is 1.65. The third-order valence-electron chi connectivity index (χ3n) is 5.05. The Morgan fingerprint density at radius 3 is 2.66 bits per heavy atom. The summed E-state index contributed by atoms with van der Waals surface area (Å²) in [4.78, 5) is 17.5. The predicted octanol–water partition coefficient (Wildman–Crippen LogP) is 3.42. The number of nitrogens with one attached hydrogen (secondary N) is 1. The molecule has 5 nitrogen and oxygen atoms in total. The van der Waals surface area contributed by atoms with Crippen molar-refractivity contribution in [2.75, 3.05) is 20.1 Å². The van der Waals surface area contributed by atoms with Crippen LogP contribution in [0.3, 0.4) is 0 Å². The number of nitrogens with zero attached hydrogens (tertiary/aromatic N) is 2. The lowest BCUT2D eigenvalue weighted by Gasteiger charge is -2.38. The van der Waals surface area contributed by atoms with Crippen molar-refractivity contribution in [1.82, 2.24) is 15.2 Å². The molecule has 0 radical (unpaired) electrons. The molecule has 0 spiro atoms. The van der Waals surface area contributed by atoms with Crippen LogP contribution in [0.25, 0.3) is 0 Å². The van der Waals surface area contributed by atoms with E-state index in [0.29, 0.717) is 11.3 Å². The van der Waals surface area contributed by atoms with Gasteiger partial charge in [0, 0.05) is 44.6 Å². The molecule has 1 aromatic heterocycles. The van der Waals surface area contributed by atoms with Gasteiger partial charge in [0.05, 0.1) is 11.5 Å². The van der Waals surface area contributed by atoms with Gasteiger partial charge in [-0.2, -0.15) is 13.2 Å². The van der Waals surface area contributed by atoms with Crippen LogP contribution in [-0.2, 0) is 30.5 Å². The summed E-state index contributed by atoms with van der Waals surface area (Å²) in [6, 6.07) is 6.78. The van der Waals surface area contributed by atoms with Crippen molar-refractivity contribution in [1.29, 1.82) is 0 Å². The molecule has 1 saturated heterocycles. The fraction of sp³-hybridized carbons (Fsp3) is 0.429. The van der Waals surface area contributed by atoms with E-state index in [1.54, 1.807) is 7.05 Å². The molecule has 8 heteroatoms. The number of carbonyl (C=O) groups excluding carboxylic acids is 1. The molecule has 1 N–H and O–H groups in total. The maximum atomic E-state index is 12.8. The van der Waals surface area contributed by atoms with Crippen LogP contribution in [0.1, 0.15) is 29.2 Å². The minimum Gasteiger partial charge on any atom is -0.489 e. The van der Waals surface area contributed by atoms with Crippen LogP contribution in [0.2, 0.25) is 0 Å². The molecule has 0 saturated carbocycles. The molecule has 1 fully saturated rings. The SMILES string of the molecule is CCc1cc(OCc2cncc(C(F)(F)F)c2)ccc1CN1CC(C(=O)NC)C1. The first-order valence-electron chi connectivity index (χ1n) is 9.49. The number of halogens is 3. The lowest BCUT2D eigenvalue weighted by Crippen LogP contribution is -2.52. The maximum Gasteiger partial charge on any atom is 0.417 e. The second-order valence-electron chi connectivity index (χ2n) is 7.16. The summed E-state index contributed by atoms with van der Waals surface area (Å²) in [5.74, 6) is 0.730. The van der Waals surface area contributed by atoms with Gasteiger partial charge < -0.3 is 10.1 Å². The average Bonchev–Trinajstić information content (AvgIpc) is 2.68. The Bertz CT molecular complexity index is 864. The summed E-state index contributed by atoms with van der Waals surface area (Å²) in [6.45, 7) is 4.30. The van der Waals surface area contributed by atoms with Crippen molar-refractivity contribution in [2.45, 2.75) is 32.7 Å². The predicted molar refractivity (Wildman–Crippen MR) is 102 cm³/mol.